The molecule has 1 aliphatic heterocycles. The summed E-state index contributed by atoms with van der Waals surface area (Å²) in [5, 5.41) is 0. The SMILES string of the molecule is COc1cc(COCC(=O)N2CC[C@@H]3CCC[C@@H]32)ccn1. The van der Waals surface area contributed by atoms with Crippen LogP contribution in [0.2, 0.25) is 0 Å². The van der Waals surface area contributed by atoms with Gasteiger partial charge in [-0.3, -0.25) is 4.79 Å². The van der Waals surface area contributed by atoms with Gasteiger partial charge in [0.25, 0.3) is 0 Å². The molecule has 1 aromatic heterocycles. The van der Waals surface area contributed by atoms with Gasteiger partial charge in [-0.15, -0.1) is 0 Å². The summed E-state index contributed by atoms with van der Waals surface area (Å²) in [5.74, 6) is 1.43. The summed E-state index contributed by atoms with van der Waals surface area (Å²) in [6.45, 7) is 1.47. The average molecular weight is 290 g/mol. The quantitative estimate of drug-likeness (QED) is 0.832. The molecule has 0 radical (unpaired) electrons. The van der Waals surface area contributed by atoms with Gasteiger partial charge in [-0.25, -0.2) is 4.98 Å². The molecule has 2 atom stereocenters. The van der Waals surface area contributed by atoms with Gasteiger partial charge in [0.05, 0.1) is 13.7 Å². The molecule has 5 nitrogen and oxygen atoms in total. The number of aromatic nitrogens is 1. The summed E-state index contributed by atoms with van der Waals surface area (Å²) < 4.78 is 10.6. The number of carbonyl (C=O) groups is 1. The van der Waals surface area contributed by atoms with Crippen LogP contribution < -0.4 is 4.74 Å². The minimum atomic E-state index is 0.130. The predicted molar refractivity (Wildman–Crippen MR) is 77.9 cm³/mol. The lowest BCUT2D eigenvalue weighted by atomic mass is 10.0. The monoisotopic (exact) mass is 290 g/mol. The van der Waals surface area contributed by atoms with Gasteiger partial charge in [0.2, 0.25) is 11.8 Å². The first-order valence-electron chi connectivity index (χ1n) is 7.64. The second kappa shape index (κ2) is 6.43. The van der Waals surface area contributed by atoms with Gasteiger partial charge in [-0.2, -0.15) is 0 Å². The molecular weight excluding hydrogens is 268 g/mol. The molecule has 0 spiro atoms. The van der Waals surface area contributed by atoms with Gasteiger partial charge >= 0.3 is 0 Å². The highest BCUT2D eigenvalue weighted by Gasteiger charge is 2.39. The van der Waals surface area contributed by atoms with E-state index in [2.05, 4.69) is 4.98 Å². The zero-order valence-corrected chi connectivity index (χ0v) is 12.5. The Kier molecular flexibility index (Phi) is 4.39. The number of ether oxygens (including phenoxy) is 2. The van der Waals surface area contributed by atoms with Crippen molar-refractivity contribution >= 4 is 5.91 Å². The van der Waals surface area contributed by atoms with Crippen molar-refractivity contribution in [1.82, 2.24) is 9.88 Å². The lowest BCUT2D eigenvalue weighted by molar-refractivity contribution is -0.137. The fourth-order valence-electron chi connectivity index (χ4n) is 3.54. The summed E-state index contributed by atoms with van der Waals surface area (Å²) in [6, 6.07) is 4.17. The molecule has 2 heterocycles. The lowest BCUT2D eigenvalue weighted by Crippen LogP contribution is -2.38. The van der Waals surface area contributed by atoms with Gasteiger partial charge in [-0.1, -0.05) is 6.42 Å². The molecule has 1 saturated heterocycles. The maximum atomic E-state index is 12.3. The van der Waals surface area contributed by atoms with Crippen molar-refractivity contribution in [1.29, 1.82) is 0 Å². The highest BCUT2D eigenvalue weighted by Crippen LogP contribution is 2.37. The highest BCUT2D eigenvalue weighted by atomic mass is 16.5. The second-order valence-electron chi connectivity index (χ2n) is 5.83. The van der Waals surface area contributed by atoms with E-state index in [4.69, 9.17) is 9.47 Å². The Morgan fingerprint density at radius 3 is 3.19 bits per heavy atom. The van der Waals surface area contributed by atoms with Crippen LogP contribution in [0.1, 0.15) is 31.2 Å². The number of nitrogens with zero attached hydrogens (tertiary/aromatic N) is 2. The normalized spacial score (nSPS) is 24.1. The van der Waals surface area contributed by atoms with Crippen LogP contribution in [-0.4, -0.2) is 42.1 Å². The third-order valence-electron chi connectivity index (χ3n) is 4.58. The average Bonchev–Trinajstić information content (AvgIpc) is 3.10. The Balaban J connectivity index is 1.47. The summed E-state index contributed by atoms with van der Waals surface area (Å²) >= 11 is 0. The topological polar surface area (TPSA) is 51.7 Å². The number of hydrogen-bond acceptors (Lipinski definition) is 4. The van der Waals surface area contributed by atoms with Crippen LogP contribution in [0.25, 0.3) is 0 Å². The van der Waals surface area contributed by atoms with E-state index in [1.165, 1.54) is 12.8 Å². The fourth-order valence-corrected chi connectivity index (χ4v) is 3.54. The first-order chi connectivity index (χ1) is 10.3. The molecule has 0 unspecified atom stereocenters. The van der Waals surface area contributed by atoms with Crippen LogP contribution in [0.4, 0.5) is 0 Å². The lowest BCUT2D eigenvalue weighted by Gasteiger charge is -2.23. The third-order valence-corrected chi connectivity index (χ3v) is 4.58. The fraction of sp³-hybridized carbons (Fsp3) is 0.625. The second-order valence-corrected chi connectivity index (χ2v) is 5.83. The Morgan fingerprint density at radius 1 is 1.43 bits per heavy atom. The molecule has 1 amide bonds. The number of likely N-dealkylation sites (tertiary alicyclic amines) is 1. The molecule has 2 aliphatic rings. The third kappa shape index (κ3) is 3.18. The van der Waals surface area contributed by atoms with E-state index < -0.39 is 0 Å². The molecule has 1 saturated carbocycles. The number of carbonyl (C=O) groups excluding carboxylic acids is 1. The van der Waals surface area contributed by atoms with E-state index in [0.717, 1.165) is 30.9 Å². The Morgan fingerprint density at radius 2 is 2.33 bits per heavy atom. The smallest absolute Gasteiger partial charge is 0.248 e. The van der Waals surface area contributed by atoms with Crippen LogP contribution in [0.5, 0.6) is 5.88 Å². The molecule has 21 heavy (non-hydrogen) atoms. The van der Waals surface area contributed by atoms with E-state index in [0.29, 0.717) is 18.5 Å². The number of pyridine rings is 1. The van der Waals surface area contributed by atoms with Gasteiger partial charge in [0, 0.05) is 24.8 Å². The molecule has 0 aromatic carbocycles. The first kappa shape index (κ1) is 14.3. The molecule has 1 aliphatic carbocycles. The molecule has 0 N–H and O–H groups in total. The summed E-state index contributed by atoms with van der Waals surface area (Å²) in [4.78, 5) is 18.3. The molecule has 2 fully saturated rings. The van der Waals surface area contributed by atoms with E-state index in [1.54, 1.807) is 13.3 Å². The van der Waals surface area contributed by atoms with Crippen molar-refractivity contribution in [2.75, 3.05) is 20.3 Å². The van der Waals surface area contributed by atoms with Crippen LogP contribution >= 0.6 is 0 Å². The minimum Gasteiger partial charge on any atom is -0.481 e. The zero-order chi connectivity index (χ0) is 14.7. The Hall–Kier alpha value is -1.62. The first-order valence-corrected chi connectivity index (χ1v) is 7.64. The zero-order valence-electron chi connectivity index (χ0n) is 12.5. The minimum absolute atomic E-state index is 0.130. The number of methoxy groups -OCH3 is 1. The van der Waals surface area contributed by atoms with Crippen molar-refractivity contribution in [3.05, 3.63) is 23.9 Å². The molecule has 1 aromatic rings. The van der Waals surface area contributed by atoms with Crippen molar-refractivity contribution in [3.63, 3.8) is 0 Å². The predicted octanol–water partition coefficient (Wildman–Crippen LogP) is 2.01. The number of fused-ring (bicyclic) bond motifs is 1. The number of amides is 1. The van der Waals surface area contributed by atoms with Crippen LogP contribution in [0, 0.1) is 5.92 Å². The van der Waals surface area contributed by atoms with Gasteiger partial charge < -0.3 is 14.4 Å². The summed E-state index contributed by atoms with van der Waals surface area (Å²) in [6.07, 6.45) is 6.56. The number of hydrogen-bond donors (Lipinski definition) is 0. The van der Waals surface area contributed by atoms with Gasteiger partial charge in [0.15, 0.2) is 0 Å². The van der Waals surface area contributed by atoms with Crippen molar-refractivity contribution < 1.29 is 14.3 Å². The van der Waals surface area contributed by atoms with E-state index >= 15 is 0 Å². The van der Waals surface area contributed by atoms with Crippen LogP contribution in [0.3, 0.4) is 0 Å². The largest absolute Gasteiger partial charge is 0.481 e. The Labute approximate surface area is 125 Å². The van der Waals surface area contributed by atoms with Gasteiger partial charge in [0.1, 0.15) is 6.61 Å². The van der Waals surface area contributed by atoms with Crippen LogP contribution in [-0.2, 0) is 16.1 Å². The van der Waals surface area contributed by atoms with Crippen molar-refractivity contribution in [3.8, 4) is 5.88 Å². The van der Waals surface area contributed by atoms with E-state index in [-0.39, 0.29) is 12.5 Å². The van der Waals surface area contributed by atoms with E-state index in [1.807, 2.05) is 17.0 Å². The van der Waals surface area contributed by atoms with Gasteiger partial charge in [-0.05, 0) is 36.8 Å². The molecule has 0 bridgehead atoms. The summed E-state index contributed by atoms with van der Waals surface area (Å²) in [5.41, 5.74) is 0.967. The highest BCUT2D eigenvalue weighted by molar-refractivity contribution is 5.78. The molecule has 5 heteroatoms. The van der Waals surface area contributed by atoms with Crippen molar-refractivity contribution in [2.45, 2.75) is 38.3 Å². The molecule has 3 rings (SSSR count). The maximum Gasteiger partial charge on any atom is 0.248 e. The van der Waals surface area contributed by atoms with Crippen molar-refractivity contribution in [2.24, 2.45) is 5.92 Å². The molecule has 114 valence electrons. The standard InChI is InChI=1S/C16H22N2O3/c1-20-15-9-12(5-7-17-15)10-21-11-16(19)18-8-6-13-3-2-4-14(13)18/h5,7,9,13-14H,2-4,6,8,10-11H2,1H3/t13-,14-/m0/s1. The summed E-state index contributed by atoms with van der Waals surface area (Å²) in [7, 11) is 1.59. The van der Waals surface area contributed by atoms with Crippen LogP contribution in [0.15, 0.2) is 18.3 Å². The maximum absolute atomic E-state index is 12.3. The number of rotatable bonds is 5. The molecular formula is C16H22N2O3. The Bertz CT molecular complexity index is 506. The van der Waals surface area contributed by atoms with E-state index in [9.17, 15) is 4.79 Å².